The fourth-order valence-electron chi connectivity index (χ4n) is 1.46. The van der Waals surface area contributed by atoms with Crippen molar-refractivity contribution in [3.05, 3.63) is 23.3 Å². The van der Waals surface area contributed by atoms with E-state index in [-0.39, 0.29) is 0 Å². The van der Waals surface area contributed by atoms with E-state index in [1.807, 2.05) is 14.1 Å². The number of benzene rings is 1. The number of aryl methyl sites for hydroxylation is 2. The summed E-state index contributed by atoms with van der Waals surface area (Å²) in [7, 11) is 3.89. The monoisotopic (exact) mass is 164 g/mol. The van der Waals surface area contributed by atoms with Gasteiger partial charge in [-0.05, 0) is 25.0 Å². The van der Waals surface area contributed by atoms with Crippen LogP contribution < -0.4 is 10.6 Å². The first-order valence-corrected chi connectivity index (χ1v) is 4.16. The summed E-state index contributed by atoms with van der Waals surface area (Å²) >= 11 is 0. The fraction of sp³-hybridized carbons (Fsp3) is 0.400. The van der Waals surface area contributed by atoms with E-state index in [1.54, 1.807) is 0 Å². The Kier molecular flexibility index (Phi) is 2.58. The molecule has 2 nitrogen and oxygen atoms in total. The fourth-order valence-corrected chi connectivity index (χ4v) is 1.46. The second-order valence-corrected chi connectivity index (χ2v) is 2.95. The van der Waals surface area contributed by atoms with Gasteiger partial charge in [0.05, 0.1) is 11.4 Å². The van der Waals surface area contributed by atoms with Crippen LogP contribution in [0.25, 0.3) is 0 Å². The van der Waals surface area contributed by atoms with Crippen molar-refractivity contribution < 1.29 is 0 Å². The molecule has 0 heterocycles. The lowest BCUT2D eigenvalue weighted by Gasteiger charge is -2.14. The third-order valence-electron chi connectivity index (χ3n) is 2.12. The Hall–Kier alpha value is -1.18. The van der Waals surface area contributed by atoms with Gasteiger partial charge in [-0.2, -0.15) is 0 Å². The molecular weight excluding hydrogens is 148 g/mol. The molecule has 1 aromatic rings. The quantitative estimate of drug-likeness (QED) is 0.701. The Balaban J connectivity index is 3.28. The van der Waals surface area contributed by atoms with Crippen molar-refractivity contribution in [2.45, 2.75) is 13.8 Å². The van der Waals surface area contributed by atoms with Gasteiger partial charge in [-0.1, -0.05) is 12.1 Å². The van der Waals surface area contributed by atoms with Gasteiger partial charge in [-0.15, -0.1) is 0 Å². The molecule has 0 aliphatic rings. The molecule has 1 aromatic carbocycles. The maximum Gasteiger partial charge on any atom is 0.0605 e. The first-order valence-electron chi connectivity index (χ1n) is 4.16. The molecule has 0 fully saturated rings. The molecule has 2 N–H and O–H groups in total. The van der Waals surface area contributed by atoms with Crippen LogP contribution in [0.3, 0.4) is 0 Å². The second kappa shape index (κ2) is 3.48. The highest BCUT2D eigenvalue weighted by molar-refractivity contribution is 5.75. The number of hydrogen-bond acceptors (Lipinski definition) is 2. The standard InChI is InChI=1S/C10H16N2/c1-7-5-6-8(2)10(12-4)9(7)11-3/h5-6,11-12H,1-4H3. The summed E-state index contributed by atoms with van der Waals surface area (Å²) in [5.74, 6) is 0. The zero-order valence-corrected chi connectivity index (χ0v) is 8.15. The predicted molar refractivity (Wildman–Crippen MR) is 55.0 cm³/mol. The molecule has 12 heavy (non-hydrogen) atoms. The van der Waals surface area contributed by atoms with Crippen LogP contribution >= 0.6 is 0 Å². The average Bonchev–Trinajstić information content (AvgIpc) is 2.08. The summed E-state index contributed by atoms with van der Waals surface area (Å²) in [6.07, 6.45) is 0. The SMILES string of the molecule is CNc1c(C)ccc(C)c1NC. The summed E-state index contributed by atoms with van der Waals surface area (Å²) in [5.41, 5.74) is 4.93. The van der Waals surface area contributed by atoms with Gasteiger partial charge in [0, 0.05) is 14.1 Å². The molecule has 0 aliphatic heterocycles. The van der Waals surface area contributed by atoms with E-state index in [0.29, 0.717) is 0 Å². The van der Waals surface area contributed by atoms with Gasteiger partial charge in [0.1, 0.15) is 0 Å². The molecule has 0 saturated carbocycles. The molecule has 1 rings (SSSR count). The maximum atomic E-state index is 3.19. The Morgan fingerprint density at radius 2 is 1.17 bits per heavy atom. The lowest BCUT2D eigenvalue weighted by atomic mass is 10.1. The zero-order valence-electron chi connectivity index (χ0n) is 8.15. The Labute approximate surface area is 74.0 Å². The van der Waals surface area contributed by atoms with Crippen LogP contribution in [-0.2, 0) is 0 Å². The first kappa shape index (κ1) is 8.91. The Morgan fingerprint density at radius 1 is 0.833 bits per heavy atom. The summed E-state index contributed by atoms with van der Waals surface area (Å²) in [5, 5.41) is 6.39. The molecule has 2 heteroatoms. The number of hydrogen-bond donors (Lipinski definition) is 2. The normalized spacial score (nSPS) is 9.67. The summed E-state index contributed by atoms with van der Waals surface area (Å²) in [6, 6.07) is 4.25. The van der Waals surface area contributed by atoms with Crippen molar-refractivity contribution >= 4 is 11.4 Å². The van der Waals surface area contributed by atoms with E-state index in [4.69, 9.17) is 0 Å². The van der Waals surface area contributed by atoms with Gasteiger partial charge in [0.15, 0.2) is 0 Å². The highest BCUT2D eigenvalue weighted by Gasteiger charge is 2.04. The topological polar surface area (TPSA) is 24.1 Å². The minimum absolute atomic E-state index is 1.19. The van der Waals surface area contributed by atoms with Crippen LogP contribution in [0.2, 0.25) is 0 Å². The van der Waals surface area contributed by atoms with Gasteiger partial charge in [-0.25, -0.2) is 0 Å². The van der Waals surface area contributed by atoms with E-state index < -0.39 is 0 Å². The molecule has 0 spiro atoms. The van der Waals surface area contributed by atoms with Gasteiger partial charge >= 0.3 is 0 Å². The number of rotatable bonds is 2. The first-order chi connectivity index (χ1) is 5.70. The van der Waals surface area contributed by atoms with Gasteiger partial charge in [0.2, 0.25) is 0 Å². The van der Waals surface area contributed by atoms with Crippen molar-refractivity contribution in [1.82, 2.24) is 0 Å². The van der Waals surface area contributed by atoms with Crippen molar-refractivity contribution in [2.75, 3.05) is 24.7 Å². The summed E-state index contributed by atoms with van der Waals surface area (Å²) in [4.78, 5) is 0. The predicted octanol–water partition coefficient (Wildman–Crippen LogP) is 2.39. The van der Waals surface area contributed by atoms with Crippen LogP contribution in [0.4, 0.5) is 11.4 Å². The molecule has 66 valence electrons. The van der Waals surface area contributed by atoms with Crippen LogP contribution in [0, 0.1) is 13.8 Å². The van der Waals surface area contributed by atoms with E-state index in [9.17, 15) is 0 Å². The minimum Gasteiger partial charge on any atom is -0.386 e. The molecule has 0 unspecified atom stereocenters. The molecule has 0 radical (unpaired) electrons. The molecule has 0 amide bonds. The van der Waals surface area contributed by atoms with E-state index >= 15 is 0 Å². The Morgan fingerprint density at radius 3 is 1.42 bits per heavy atom. The molecule has 0 aliphatic carbocycles. The lowest BCUT2D eigenvalue weighted by molar-refractivity contribution is 1.33. The van der Waals surface area contributed by atoms with E-state index in [0.717, 1.165) is 0 Å². The van der Waals surface area contributed by atoms with E-state index in [1.165, 1.54) is 22.5 Å². The van der Waals surface area contributed by atoms with Crippen LogP contribution in [0.15, 0.2) is 12.1 Å². The summed E-state index contributed by atoms with van der Waals surface area (Å²) in [6.45, 7) is 4.21. The summed E-state index contributed by atoms with van der Waals surface area (Å²) < 4.78 is 0. The van der Waals surface area contributed by atoms with E-state index in [2.05, 4.69) is 36.6 Å². The molecule has 0 saturated heterocycles. The van der Waals surface area contributed by atoms with Crippen LogP contribution in [-0.4, -0.2) is 14.1 Å². The number of anilines is 2. The highest BCUT2D eigenvalue weighted by atomic mass is 14.9. The van der Waals surface area contributed by atoms with Crippen molar-refractivity contribution in [3.8, 4) is 0 Å². The van der Waals surface area contributed by atoms with Crippen LogP contribution in [0.5, 0.6) is 0 Å². The van der Waals surface area contributed by atoms with Crippen molar-refractivity contribution in [3.63, 3.8) is 0 Å². The second-order valence-electron chi connectivity index (χ2n) is 2.95. The van der Waals surface area contributed by atoms with Crippen LogP contribution in [0.1, 0.15) is 11.1 Å². The minimum atomic E-state index is 1.19. The smallest absolute Gasteiger partial charge is 0.0605 e. The molecule has 0 aromatic heterocycles. The van der Waals surface area contributed by atoms with Gasteiger partial charge < -0.3 is 10.6 Å². The highest BCUT2D eigenvalue weighted by Crippen LogP contribution is 2.28. The lowest BCUT2D eigenvalue weighted by Crippen LogP contribution is -2.00. The zero-order chi connectivity index (χ0) is 9.14. The largest absolute Gasteiger partial charge is 0.386 e. The molecular formula is C10H16N2. The van der Waals surface area contributed by atoms with Gasteiger partial charge in [0.25, 0.3) is 0 Å². The van der Waals surface area contributed by atoms with Crippen molar-refractivity contribution in [2.24, 2.45) is 0 Å². The average molecular weight is 164 g/mol. The van der Waals surface area contributed by atoms with Gasteiger partial charge in [-0.3, -0.25) is 0 Å². The molecule has 0 bridgehead atoms. The third kappa shape index (κ3) is 1.37. The molecule has 0 atom stereocenters. The third-order valence-corrected chi connectivity index (χ3v) is 2.12. The number of nitrogens with one attached hydrogen (secondary N) is 2. The Bertz CT molecular complexity index is 250. The maximum absolute atomic E-state index is 3.19. The van der Waals surface area contributed by atoms with Crippen molar-refractivity contribution in [1.29, 1.82) is 0 Å².